The summed E-state index contributed by atoms with van der Waals surface area (Å²) in [4.78, 5) is 3.18. The Morgan fingerprint density at radius 1 is 0.714 bits per heavy atom. The molecule has 35 heavy (non-hydrogen) atoms. The molecule has 1 aromatic heterocycles. The van der Waals surface area contributed by atoms with Crippen LogP contribution in [-0.4, -0.2) is 32.1 Å². The third-order valence-electron chi connectivity index (χ3n) is 6.03. The number of hydrogen-bond donors (Lipinski definition) is 0. The molecule has 5 rings (SSSR count). The van der Waals surface area contributed by atoms with Crippen molar-refractivity contribution in [3.63, 3.8) is 0 Å². The van der Waals surface area contributed by atoms with Gasteiger partial charge in [0.2, 0.25) is 0 Å². The summed E-state index contributed by atoms with van der Waals surface area (Å²) in [5, 5.41) is 8.97. The maximum atomic E-state index is 9.49. The Hall–Kier alpha value is -3.91. The molecular formula is C29H24N5Sb. The van der Waals surface area contributed by atoms with Gasteiger partial charge in [-0.15, -0.1) is 0 Å². The zero-order chi connectivity index (χ0) is 24.1. The zero-order valence-corrected chi connectivity index (χ0v) is 21.9. The standard InChI is InChI=1S/C11H9N5.3C6H5.Sb/c1-8-9(2)14-16(11(8)13-15-12)10-6-4-3-5-7-10;3*1-2-4-6-5-3-1;/h1,3-7H,2H3;3*1-5H;. The van der Waals surface area contributed by atoms with E-state index < -0.39 is 18.3 Å². The Bertz CT molecular complexity index is 1430. The molecule has 170 valence electrons. The first-order valence-corrected chi connectivity index (χ1v) is 16.7. The molecule has 0 radical (unpaired) electrons. The summed E-state index contributed by atoms with van der Waals surface area (Å²) in [6.45, 7) is 1.98. The topological polar surface area (TPSA) is 66.6 Å². The van der Waals surface area contributed by atoms with Gasteiger partial charge in [-0.25, -0.2) is 0 Å². The number of hydrogen-bond acceptors (Lipinski definition) is 2. The summed E-state index contributed by atoms with van der Waals surface area (Å²) < 4.78 is 8.06. The van der Waals surface area contributed by atoms with Crippen LogP contribution in [-0.2, 0) is 0 Å². The fraction of sp³-hybridized carbons (Fsp3) is 0.0345. The van der Waals surface area contributed by atoms with Crippen LogP contribution in [0.15, 0.2) is 126 Å². The first kappa shape index (κ1) is 22.9. The van der Waals surface area contributed by atoms with Crippen LogP contribution in [0, 0.1) is 6.92 Å². The van der Waals surface area contributed by atoms with E-state index in [0.717, 1.165) is 16.9 Å². The molecule has 0 spiro atoms. The Morgan fingerprint density at radius 2 is 1.14 bits per heavy atom. The van der Waals surface area contributed by atoms with Crippen LogP contribution in [0.1, 0.15) is 11.3 Å². The predicted octanol–water partition coefficient (Wildman–Crippen LogP) is 5.02. The number of para-hydroxylation sites is 1. The van der Waals surface area contributed by atoms with Crippen molar-refractivity contribution in [1.29, 1.82) is 0 Å². The van der Waals surface area contributed by atoms with Crippen molar-refractivity contribution in [1.82, 2.24) is 9.78 Å². The van der Waals surface area contributed by atoms with Gasteiger partial charge in [0.1, 0.15) is 0 Å². The summed E-state index contributed by atoms with van der Waals surface area (Å²) in [5.41, 5.74) is 12.1. The van der Waals surface area contributed by atoms with Gasteiger partial charge in [0.15, 0.2) is 0 Å². The second-order valence-corrected chi connectivity index (χ2v) is 17.4. The molecule has 6 heteroatoms. The van der Waals surface area contributed by atoms with E-state index >= 15 is 0 Å². The second-order valence-electron chi connectivity index (χ2n) is 8.12. The average Bonchev–Trinajstić information content (AvgIpc) is 3.24. The van der Waals surface area contributed by atoms with Gasteiger partial charge in [-0.1, -0.05) is 0 Å². The third kappa shape index (κ3) is 4.32. The normalized spacial score (nSPS) is 11.0. The van der Waals surface area contributed by atoms with Crippen LogP contribution >= 0.6 is 0 Å². The van der Waals surface area contributed by atoms with Gasteiger partial charge in [-0.05, 0) is 0 Å². The molecular weight excluding hydrogens is 540 g/mol. The van der Waals surface area contributed by atoms with Gasteiger partial charge >= 0.3 is 209 Å². The molecule has 0 saturated heterocycles. The molecule has 0 N–H and O–H groups in total. The Kier molecular flexibility index (Phi) is 6.63. The quantitative estimate of drug-likeness (QED) is 0.124. The third-order valence-corrected chi connectivity index (χ3v) is 17.4. The van der Waals surface area contributed by atoms with Crippen molar-refractivity contribution < 1.29 is 0 Å². The molecule has 0 atom stereocenters. The SMILES string of the molecule is Cc1nn(-c2ccccc2)c(N=[N+]=[N-])c1[CH]=[Sb]([c]1ccccc1)([c]1ccccc1)[c]1ccccc1. The number of benzene rings is 4. The van der Waals surface area contributed by atoms with Gasteiger partial charge in [0.05, 0.1) is 0 Å². The summed E-state index contributed by atoms with van der Waals surface area (Å²) >= 11 is -3.61. The molecule has 0 aliphatic carbocycles. The summed E-state index contributed by atoms with van der Waals surface area (Å²) in [5.74, 6) is 0.511. The van der Waals surface area contributed by atoms with Crippen molar-refractivity contribution in [2.24, 2.45) is 5.11 Å². The first-order chi connectivity index (χ1) is 17.2. The van der Waals surface area contributed by atoms with Crippen LogP contribution in [0.3, 0.4) is 0 Å². The van der Waals surface area contributed by atoms with Crippen LogP contribution in [0.4, 0.5) is 5.82 Å². The number of aromatic nitrogens is 2. The minimum absolute atomic E-state index is 0.511. The van der Waals surface area contributed by atoms with Crippen LogP contribution < -0.4 is 10.5 Å². The molecule has 5 nitrogen and oxygen atoms in total. The molecule has 1 heterocycles. The number of nitrogens with zero attached hydrogens (tertiary/aromatic N) is 5. The molecule has 0 bridgehead atoms. The van der Waals surface area contributed by atoms with Crippen molar-refractivity contribution in [2.45, 2.75) is 6.92 Å². The van der Waals surface area contributed by atoms with Crippen LogP contribution in [0.5, 0.6) is 0 Å². The number of aryl methyl sites for hydroxylation is 1. The van der Waals surface area contributed by atoms with E-state index in [1.165, 1.54) is 10.5 Å². The fourth-order valence-electron chi connectivity index (χ4n) is 4.42. The molecule has 0 aliphatic rings. The average molecular weight is 564 g/mol. The van der Waals surface area contributed by atoms with E-state index in [9.17, 15) is 5.53 Å². The van der Waals surface area contributed by atoms with Gasteiger partial charge < -0.3 is 0 Å². The van der Waals surface area contributed by atoms with E-state index in [1.54, 1.807) is 4.68 Å². The van der Waals surface area contributed by atoms with Crippen LogP contribution in [0.25, 0.3) is 16.1 Å². The predicted molar refractivity (Wildman–Crippen MR) is 146 cm³/mol. The maximum absolute atomic E-state index is 9.49. The molecule has 0 aliphatic heterocycles. The first-order valence-electron chi connectivity index (χ1n) is 11.4. The van der Waals surface area contributed by atoms with Gasteiger partial charge in [-0.3, -0.25) is 0 Å². The molecule has 4 aromatic carbocycles. The van der Waals surface area contributed by atoms with Crippen LogP contribution in [0.2, 0.25) is 0 Å². The van der Waals surface area contributed by atoms with Crippen molar-refractivity contribution >= 4 is 38.6 Å². The summed E-state index contributed by atoms with van der Waals surface area (Å²) in [7, 11) is 0. The Labute approximate surface area is 208 Å². The minimum atomic E-state index is -3.61. The number of rotatable bonds is 6. The second kappa shape index (κ2) is 10.1. The van der Waals surface area contributed by atoms with E-state index in [0.29, 0.717) is 5.82 Å². The van der Waals surface area contributed by atoms with Gasteiger partial charge in [0.25, 0.3) is 0 Å². The molecule has 0 amide bonds. The van der Waals surface area contributed by atoms with E-state index in [1.807, 2.05) is 37.3 Å². The zero-order valence-electron chi connectivity index (χ0n) is 19.3. The van der Waals surface area contributed by atoms with Gasteiger partial charge in [-0.2, -0.15) is 0 Å². The summed E-state index contributed by atoms with van der Waals surface area (Å²) in [6, 6.07) is 42.0. The van der Waals surface area contributed by atoms with E-state index in [2.05, 4.69) is 105 Å². The molecule has 0 unspecified atom stereocenters. The van der Waals surface area contributed by atoms with E-state index in [-0.39, 0.29) is 0 Å². The number of azide groups is 1. The molecule has 0 saturated carbocycles. The molecule has 0 fully saturated rings. The van der Waals surface area contributed by atoms with Crippen molar-refractivity contribution in [2.75, 3.05) is 0 Å². The van der Waals surface area contributed by atoms with Crippen molar-refractivity contribution in [3.8, 4) is 5.69 Å². The monoisotopic (exact) mass is 563 g/mol. The summed E-state index contributed by atoms with van der Waals surface area (Å²) in [6.07, 6.45) is 0. The van der Waals surface area contributed by atoms with Crippen molar-refractivity contribution in [3.05, 3.63) is 143 Å². The fourth-order valence-corrected chi connectivity index (χ4v) is 15.7. The molecule has 5 aromatic rings. The van der Waals surface area contributed by atoms with Gasteiger partial charge in [0, 0.05) is 0 Å². The Balaban J connectivity index is 1.93. The Morgan fingerprint density at radius 3 is 1.57 bits per heavy atom. The van der Waals surface area contributed by atoms with E-state index in [4.69, 9.17) is 5.10 Å².